The minimum atomic E-state index is 0.168. The van der Waals surface area contributed by atoms with Crippen LogP contribution >= 0.6 is 0 Å². The summed E-state index contributed by atoms with van der Waals surface area (Å²) in [6.45, 7) is 0. The van der Waals surface area contributed by atoms with Gasteiger partial charge in [0.2, 0.25) is 0 Å². The van der Waals surface area contributed by atoms with E-state index in [1.807, 2.05) is 48.1 Å². The molecule has 1 aliphatic rings. The third kappa shape index (κ3) is 2.93. The highest BCUT2D eigenvalue weighted by molar-refractivity contribution is 6.13. The van der Waals surface area contributed by atoms with Crippen molar-refractivity contribution in [2.45, 2.75) is 12.8 Å². The minimum absolute atomic E-state index is 0.168. The van der Waals surface area contributed by atoms with Crippen molar-refractivity contribution in [2.75, 3.05) is 0 Å². The Morgan fingerprint density at radius 2 is 1.50 bits per heavy atom. The molecular formula is C33H23N3O2. The van der Waals surface area contributed by atoms with E-state index in [0.29, 0.717) is 11.4 Å². The Labute approximate surface area is 218 Å². The Hall–Kier alpha value is -4.90. The zero-order valence-corrected chi connectivity index (χ0v) is 20.8. The van der Waals surface area contributed by atoms with Crippen molar-refractivity contribution in [1.29, 1.82) is 0 Å². The zero-order valence-electron chi connectivity index (χ0n) is 20.8. The molecule has 7 aromatic rings. The van der Waals surface area contributed by atoms with Crippen LogP contribution in [0.1, 0.15) is 11.1 Å². The molecule has 1 aliphatic carbocycles. The fraction of sp³-hybridized carbons (Fsp3) is 0.0909. The van der Waals surface area contributed by atoms with Gasteiger partial charge in [0.15, 0.2) is 0 Å². The number of pyridine rings is 1. The van der Waals surface area contributed by atoms with Gasteiger partial charge in [-0.25, -0.2) is 9.97 Å². The van der Waals surface area contributed by atoms with Crippen LogP contribution < -0.4 is 0 Å². The largest absolute Gasteiger partial charge is 0.507 e. The van der Waals surface area contributed by atoms with Crippen LogP contribution in [0.3, 0.4) is 0 Å². The lowest BCUT2D eigenvalue weighted by molar-refractivity contribution is 0.477. The molecule has 0 bridgehead atoms. The Kier molecular flexibility index (Phi) is 4.35. The van der Waals surface area contributed by atoms with E-state index in [9.17, 15) is 5.11 Å². The highest BCUT2D eigenvalue weighted by atomic mass is 16.3. The summed E-state index contributed by atoms with van der Waals surface area (Å²) in [6, 6.07) is 28.4. The lowest BCUT2D eigenvalue weighted by Gasteiger charge is -2.22. The number of para-hydroxylation sites is 1. The van der Waals surface area contributed by atoms with Crippen molar-refractivity contribution in [1.82, 2.24) is 14.5 Å². The minimum Gasteiger partial charge on any atom is -0.507 e. The van der Waals surface area contributed by atoms with E-state index in [4.69, 9.17) is 14.4 Å². The molecule has 8 rings (SSSR count). The van der Waals surface area contributed by atoms with Crippen LogP contribution in [0.5, 0.6) is 5.75 Å². The lowest BCUT2D eigenvalue weighted by Crippen LogP contribution is -2.07. The summed E-state index contributed by atoms with van der Waals surface area (Å²) >= 11 is 0. The summed E-state index contributed by atoms with van der Waals surface area (Å²) in [6.07, 6.45) is 3.99. The molecule has 0 aliphatic heterocycles. The molecule has 0 fully saturated rings. The van der Waals surface area contributed by atoms with Crippen LogP contribution in [0.4, 0.5) is 0 Å². The van der Waals surface area contributed by atoms with Crippen molar-refractivity contribution in [3.8, 4) is 39.8 Å². The number of aromatic nitrogens is 3. The van der Waals surface area contributed by atoms with Gasteiger partial charge in [0.1, 0.15) is 28.4 Å². The molecule has 38 heavy (non-hydrogen) atoms. The highest BCUT2D eigenvalue weighted by Gasteiger charge is 2.25. The van der Waals surface area contributed by atoms with Gasteiger partial charge in [0.05, 0.1) is 17.0 Å². The number of nitrogens with zero attached hydrogens (tertiary/aromatic N) is 3. The van der Waals surface area contributed by atoms with Crippen molar-refractivity contribution >= 4 is 32.7 Å². The quantitative estimate of drug-likeness (QED) is 0.268. The number of hydrogen-bond acceptors (Lipinski definition) is 4. The molecule has 0 unspecified atom stereocenters. The van der Waals surface area contributed by atoms with Crippen LogP contribution in [0, 0.1) is 0 Å². The maximum Gasteiger partial charge on any atom is 0.145 e. The number of aromatic hydroxyl groups is 1. The Bertz CT molecular complexity index is 2070. The molecule has 0 atom stereocenters. The second-order valence-corrected chi connectivity index (χ2v) is 9.98. The van der Waals surface area contributed by atoms with Crippen LogP contribution in [0.25, 0.3) is 66.7 Å². The third-order valence-corrected chi connectivity index (χ3v) is 7.80. The number of hydrogen-bond donors (Lipinski definition) is 1. The average molecular weight is 494 g/mol. The van der Waals surface area contributed by atoms with E-state index in [2.05, 4.69) is 48.5 Å². The molecule has 0 spiro atoms. The lowest BCUT2D eigenvalue weighted by atomic mass is 9.86. The molecule has 0 saturated carbocycles. The fourth-order valence-electron chi connectivity index (χ4n) is 6.06. The second-order valence-electron chi connectivity index (χ2n) is 9.98. The van der Waals surface area contributed by atoms with E-state index < -0.39 is 0 Å². The van der Waals surface area contributed by atoms with Gasteiger partial charge in [-0.1, -0.05) is 66.7 Å². The molecule has 5 nitrogen and oxygen atoms in total. The first-order chi connectivity index (χ1) is 18.7. The first-order valence-electron chi connectivity index (χ1n) is 12.8. The normalized spacial score (nSPS) is 12.8. The predicted octanol–water partition coefficient (Wildman–Crippen LogP) is 7.67. The molecule has 0 saturated heterocycles. The van der Waals surface area contributed by atoms with E-state index >= 15 is 0 Å². The van der Waals surface area contributed by atoms with Crippen LogP contribution in [-0.2, 0) is 19.9 Å². The monoisotopic (exact) mass is 493 g/mol. The number of fused-ring (bicyclic) bond motifs is 8. The molecule has 182 valence electrons. The standard InChI is InChI=1S/C33H23N3O2/c1-36-18-25(34-33(36)30-26(37)16-17-28-29(30)24-12-6-7-13-27(24)38-28)32-22-11-5-4-10-21(22)23-15-14-19-8-2-3-9-20(19)31(23)35-32/h2-13,16-18,37H,14-15H2,1H3. The molecule has 5 heteroatoms. The van der Waals surface area contributed by atoms with Crippen molar-refractivity contribution in [3.63, 3.8) is 0 Å². The predicted molar refractivity (Wildman–Crippen MR) is 151 cm³/mol. The number of rotatable bonds is 2. The first kappa shape index (κ1) is 21.2. The zero-order chi connectivity index (χ0) is 25.4. The Morgan fingerprint density at radius 1 is 0.737 bits per heavy atom. The van der Waals surface area contributed by atoms with Gasteiger partial charge < -0.3 is 14.1 Å². The van der Waals surface area contributed by atoms with E-state index in [1.165, 1.54) is 22.1 Å². The maximum atomic E-state index is 11.1. The Morgan fingerprint density at radius 3 is 2.39 bits per heavy atom. The number of phenols is 1. The second kappa shape index (κ2) is 7.80. The summed E-state index contributed by atoms with van der Waals surface area (Å²) < 4.78 is 8.06. The molecule has 0 radical (unpaired) electrons. The van der Waals surface area contributed by atoms with Crippen LogP contribution in [0.2, 0.25) is 0 Å². The van der Waals surface area contributed by atoms with E-state index in [1.54, 1.807) is 6.07 Å². The fourth-order valence-corrected chi connectivity index (χ4v) is 6.06. The summed E-state index contributed by atoms with van der Waals surface area (Å²) in [5, 5.41) is 15.2. The SMILES string of the molecule is Cn1cc(-c2nc3c(c4ccccc24)CCc2ccccc2-3)nc1-c1c(O)ccc2oc3ccccc3c12. The number of imidazole rings is 1. The highest BCUT2D eigenvalue weighted by Crippen LogP contribution is 2.43. The molecule has 1 N–H and O–H groups in total. The van der Waals surface area contributed by atoms with Gasteiger partial charge in [-0.05, 0) is 47.6 Å². The number of benzene rings is 4. The van der Waals surface area contributed by atoms with Crippen molar-refractivity contribution < 1.29 is 9.52 Å². The van der Waals surface area contributed by atoms with Gasteiger partial charge in [0, 0.05) is 35.0 Å². The number of furan rings is 1. The first-order valence-corrected chi connectivity index (χ1v) is 12.8. The molecule has 0 amide bonds. The molecular weight excluding hydrogens is 470 g/mol. The summed E-state index contributed by atoms with van der Waals surface area (Å²) in [5.74, 6) is 0.833. The molecule has 3 heterocycles. The van der Waals surface area contributed by atoms with Crippen molar-refractivity contribution in [3.05, 3.63) is 102 Å². The molecule has 3 aromatic heterocycles. The van der Waals surface area contributed by atoms with Crippen LogP contribution in [-0.4, -0.2) is 19.6 Å². The van der Waals surface area contributed by atoms with Crippen molar-refractivity contribution in [2.24, 2.45) is 7.05 Å². The van der Waals surface area contributed by atoms with E-state index in [0.717, 1.165) is 57.2 Å². The Balaban J connectivity index is 1.40. The van der Waals surface area contributed by atoms with Gasteiger partial charge in [-0.2, -0.15) is 0 Å². The van der Waals surface area contributed by atoms with E-state index in [-0.39, 0.29) is 5.75 Å². The van der Waals surface area contributed by atoms with Crippen LogP contribution in [0.15, 0.2) is 95.5 Å². The third-order valence-electron chi connectivity index (χ3n) is 7.80. The van der Waals surface area contributed by atoms with Gasteiger partial charge in [0.25, 0.3) is 0 Å². The maximum absolute atomic E-state index is 11.1. The molecule has 4 aromatic carbocycles. The summed E-state index contributed by atoms with van der Waals surface area (Å²) in [5.41, 5.74) is 8.65. The van der Waals surface area contributed by atoms with Gasteiger partial charge >= 0.3 is 0 Å². The number of phenolic OH excluding ortho intramolecular Hbond substituents is 1. The topological polar surface area (TPSA) is 64.1 Å². The number of aryl methyl sites for hydroxylation is 3. The average Bonchev–Trinajstić information content (AvgIpc) is 3.53. The van der Waals surface area contributed by atoms with Gasteiger partial charge in [-0.3, -0.25) is 0 Å². The summed E-state index contributed by atoms with van der Waals surface area (Å²) in [7, 11) is 1.96. The van der Waals surface area contributed by atoms with Gasteiger partial charge in [-0.15, -0.1) is 0 Å². The smallest absolute Gasteiger partial charge is 0.145 e. The summed E-state index contributed by atoms with van der Waals surface area (Å²) in [4.78, 5) is 10.4.